The van der Waals surface area contributed by atoms with E-state index in [0.717, 1.165) is 19.5 Å². The fraction of sp³-hybridized carbons (Fsp3) is 0.900. The molecule has 0 bridgehead atoms. The molecule has 2 rings (SSSR count). The molecule has 2 N–H and O–H groups in total. The van der Waals surface area contributed by atoms with Crippen molar-refractivity contribution < 1.29 is 4.79 Å². The molecule has 2 aliphatic rings. The van der Waals surface area contributed by atoms with Gasteiger partial charge in [0.1, 0.15) is 0 Å². The summed E-state index contributed by atoms with van der Waals surface area (Å²) in [5.41, 5.74) is 0.572. The zero-order chi connectivity index (χ0) is 9.31. The van der Waals surface area contributed by atoms with Gasteiger partial charge in [0.05, 0.1) is 0 Å². The predicted octanol–water partition coefficient (Wildman–Crippen LogP) is 0.655. The number of amides is 1. The Balaban J connectivity index is 1.60. The van der Waals surface area contributed by atoms with Crippen LogP contribution in [0.2, 0.25) is 0 Å². The summed E-state index contributed by atoms with van der Waals surface area (Å²) in [6, 6.07) is 0.384. The standard InChI is InChI=1S/C10H18N2O/c1-10(4-5-10)7-11-6-8-2-3-9(13)12-8/h8,11H,2-7H2,1H3,(H,12,13). The molecular weight excluding hydrogens is 164 g/mol. The average Bonchev–Trinajstić information content (AvgIpc) is 2.65. The van der Waals surface area contributed by atoms with Crippen molar-refractivity contribution in [3.63, 3.8) is 0 Å². The van der Waals surface area contributed by atoms with Crippen LogP contribution in [0.15, 0.2) is 0 Å². The van der Waals surface area contributed by atoms with Gasteiger partial charge in [-0.3, -0.25) is 4.79 Å². The Hall–Kier alpha value is -0.570. The minimum Gasteiger partial charge on any atom is -0.352 e. The number of nitrogens with one attached hydrogen (secondary N) is 2. The van der Waals surface area contributed by atoms with Crippen LogP contribution < -0.4 is 10.6 Å². The molecule has 1 unspecified atom stereocenters. The van der Waals surface area contributed by atoms with Crippen molar-refractivity contribution in [2.75, 3.05) is 13.1 Å². The highest BCUT2D eigenvalue weighted by Gasteiger charge is 2.36. The first-order valence-electron chi connectivity index (χ1n) is 5.18. The summed E-state index contributed by atoms with van der Waals surface area (Å²) in [5, 5.41) is 6.39. The van der Waals surface area contributed by atoms with Gasteiger partial charge in [-0.15, -0.1) is 0 Å². The largest absolute Gasteiger partial charge is 0.352 e. The minimum atomic E-state index is 0.212. The van der Waals surface area contributed by atoms with Crippen molar-refractivity contribution >= 4 is 5.91 Å². The number of carbonyl (C=O) groups is 1. The van der Waals surface area contributed by atoms with E-state index < -0.39 is 0 Å². The van der Waals surface area contributed by atoms with Crippen LogP contribution in [0.3, 0.4) is 0 Å². The molecule has 1 aliphatic heterocycles. The van der Waals surface area contributed by atoms with Crippen LogP contribution in [-0.4, -0.2) is 25.0 Å². The number of carbonyl (C=O) groups excluding carboxylic acids is 1. The summed E-state index contributed by atoms with van der Waals surface area (Å²) in [7, 11) is 0. The first kappa shape index (κ1) is 9.00. The van der Waals surface area contributed by atoms with E-state index >= 15 is 0 Å². The molecule has 2 fully saturated rings. The second-order valence-corrected chi connectivity index (χ2v) is 4.74. The van der Waals surface area contributed by atoms with E-state index in [0.29, 0.717) is 17.9 Å². The van der Waals surface area contributed by atoms with Crippen molar-refractivity contribution in [2.45, 2.75) is 38.6 Å². The molecule has 1 aliphatic carbocycles. The summed E-state index contributed by atoms with van der Waals surface area (Å²) in [6.45, 7) is 4.37. The third-order valence-corrected chi connectivity index (χ3v) is 3.13. The predicted molar refractivity (Wildman–Crippen MR) is 51.4 cm³/mol. The van der Waals surface area contributed by atoms with Crippen LogP contribution >= 0.6 is 0 Å². The van der Waals surface area contributed by atoms with E-state index in [9.17, 15) is 4.79 Å². The van der Waals surface area contributed by atoms with Crippen molar-refractivity contribution in [3.8, 4) is 0 Å². The van der Waals surface area contributed by atoms with Gasteiger partial charge < -0.3 is 10.6 Å². The van der Waals surface area contributed by atoms with Crippen LogP contribution in [0.4, 0.5) is 0 Å². The number of rotatable bonds is 4. The van der Waals surface area contributed by atoms with Gasteiger partial charge in [-0.1, -0.05) is 6.92 Å². The number of hydrogen-bond donors (Lipinski definition) is 2. The smallest absolute Gasteiger partial charge is 0.220 e. The molecule has 1 saturated heterocycles. The molecule has 0 aromatic carbocycles. The van der Waals surface area contributed by atoms with Crippen molar-refractivity contribution in [2.24, 2.45) is 5.41 Å². The molecule has 0 spiro atoms. The topological polar surface area (TPSA) is 41.1 Å². The van der Waals surface area contributed by atoms with Crippen molar-refractivity contribution in [3.05, 3.63) is 0 Å². The fourth-order valence-corrected chi connectivity index (χ4v) is 1.77. The maximum atomic E-state index is 10.9. The maximum Gasteiger partial charge on any atom is 0.220 e. The molecule has 1 atom stereocenters. The molecule has 1 amide bonds. The van der Waals surface area contributed by atoms with Crippen LogP contribution in [0, 0.1) is 5.41 Å². The molecule has 1 heterocycles. The van der Waals surface area contributed by atoms with Gasteiger partial charge in [0, 0.05) is 25.6 Å². The number of hydrogen-bond acceptors (Lipinski definition) is 2. The first-order chi connectivity index (χ1) is 6.18. The zero-order valence-electron chi connectivity index (χ0n) is 8.23. The molecule has 0 aromatic heterocycles. The Morgan fingerprint density at radius 3 is 2.92 bits per heavy atom. The van der Waals surface area contributed by atoms with Crippen molar-refractivity contribution in [1.29, 1.82) is 0 Å². The lowest BCUT2D eigenvalue weighted by Crippen LogP contribution is -2.37. The Morgan fingerprint density at radius 2 is 2.38 bits per heavy atom. The Morgan fingerprint density at radius 1 is 1.62 bits per heavy atom. The normalized spacial score (nSPS) is 30.2. The summed E-state index contributed by atoms with van der Waals surface area (Å²) in [6.07, 6.45) is 4.43. The molecule has 3 heteroatoms. The van der Waals surface area contributed by atoms with Gasteiger partial charge in [0.25, 0.3) is 0 Å². The highest BCUT2D eigenvalue weighted by molar-refractivity contribution is 5.78. The van der Waals surface area contributed by atoms with Gasteiger partial charge in [-0.2, -0.15) is 0 Å². The van der Waals surface area contributed by atoms with E-state index in [1.807, 2.05) is 0 Å². The van der Waals surface area contributed by atoms with Gasteiger partial charge in [-0.05, 0) is 24.7 Å². The lowest BCUT2D eigenvalue weighted by Gasteiger charge is -2.13. The third-order valence-electron chi connectivity index (χ3n) is 3.13. The molecule has 3 nitrogen and oxygen atoms in total. The van der Waals surface area contributed by atoms with Crippen LogP contribution in [0.5, 0.6) is 0 Å². The molecule has 0 aromatic rings. The summed E-state index contributed by atoms with van der Waals surface area (Å²) in [5.74, 6) is 0.212. The first-order valence-corrected chi connectivity index (χ1v) is 5.18. The van der Waals surface area contributed by atoms with E-state index in [4.69, 9.17) is 0 Å². The van der Waals surface area contributed by atoms with Gasteiger partial charge in [0.2, 0.25) is 5.91 Å². The molecule has 74 valence electrons. The van der Waals surface area contributed by atoms with Gasteiger partial charge >= 0.3 is 0 Å². The second-order valence-electron chi connectivity index (χ2n) is 4.74. The van der Waals surface area contributed by atoms with Crippen molar-refractivity contribution in [1.82, 2.24) is 10.6 Å². The Labute approximate surface area is 79.3 Å². The Kier molecular flexibility index (Phi) is 2.28. The van der Waals surface area contributed by atoms with Crippen LogP contribution in [-0.2, 0) is 4.79 Å². The summed E-state index contributed by atoms with van der Waals surface area (Å²) in [4.78, 5) is 10.9. The summed E-state index contributed by atoms with van der Waals surface area (Å²) < 4.78 is 0. The lowest BCUT2D eigenvalue weighted by atomic mass is 10.1. The molecular formula is C10H18N2O. The van der Waals surface area contributed by atoms with Gasteiger partial charge in [-0.25, -0.2) is 0 Å². The van der Waals surface area contributed by atoms with Crippen LogP contribution in [0.25, 0.3) is 0 Å². The van der Waals surface area contributed by atoms with Gasteiger partial charge in [0.15, 0.2) is 0 Å². The summed E-state index contributed by atoms with van der Waals surface area (Å²) >= 11 is 0. The second kappa shape index (κ2) is 3.29. The van der Waals surface area contributed by atoms with Crippen LogP contribution in [0.1, 0.15) is 32.6 Å². The van der Waals surface area contributed by atoms with E-state index in [1.54, 1.807) is 0 Å². The molecule has 0 radical (unpaired) electrons. The van der Waals surface area contributed by atoms with E-state index in [1.165, 1.54) is 12.8 Å². The van der Waals surface area contributed by atoms with E-state index in [2.05, 4.69) is 17.6 Å². The highest BCUT2D eigenvalue weighted by atomic mass is 16.1. The minimum absolute atomic E-state index is 0.212. The fourth-order valence-electron chi connectivity index (χ4n) is 1.77. The quantitative estimate of drug-likeness (QED) is 0.670. The maximum absolute atomic E-state index is 10.9. The Bertz CT molecular complexity index is 211. The monoisotopic (exact) mass is 182 g/mol. The highest BCUT2D eigenvalue weighted by Crippen LogP contribution is 2.43. The zero-order valence-corrected chi connectivity index (χ0v) is 8.23. The molecule has 13 heavy (non-hydrogen) atoms. The third kappa shape index (κ3) is 2.44. The average molecular weight is 182 g/mol. The van der Waals surface area contributed by atoms with E-state index in [-0.39, 0.29) is 5.91 Å². The molecule has 1 saturated carbocycles. The lowest BCUT2D eigenvalue weighted by molar-refractivity contribution is -0.119. The SMILES string of the molecule is CC1(CNCC2CCC(=O)N2)CC1.